The summed E-state index contributed by atoms with van der Waals surface area (Å²) in [6.45, 7) is 3.57. The van der Waals surface area contributed by atoms with Gasteiger partial charge in [0, 0.05) is 5.40 Å². The first-order chi connectivity index (χ1) is 15.5. The van der Waals surface area contributed by atoms with E-state index in [4.69, 9.17) is 20.5 Å². The normalized spacial score (nSPS) is 16.1. The van der Waals surface area contributed by atoms with Crippen molar-refractivity contribution >= 4 is 21.4 Å². The van der Waals surface area contributed by atoms with Crippen molar-refractivity contribution in [1.82, 2.24) is 0 Å². The fourth-order valence-electron chi connectivity index (χ4n) is 4.47. The summed E-state index contributed by atoms with van der Waals surface area (Å²) in [6.07, 6.45) is 0.812. The van der Waals surface area contributed by atoms with Crippen LogP contribution in [0.1, 0.15) is 85.3 Å². The van der Waals surface area contributed by atoms with Crippen molar-refractivity contribution in [3.63, 3.8) is 0 Å². The van der Waals surface area contributed by atoms with Gasteiger partial charge in [0.2, 0.25) is 0 Å². The predicted molar refractivity (Wildman–Crippen MR) is 125 cm³/mol. The van der Waals surface area contributed by atoms with Crippen LogP contribution in [0.2, 0.25) is 0 Å². The lowest BCUT2D eigenvalue weighted by atomic mass is 9.60. The van der Waals surface area contributed by atoms with Crippen molar-refractivity contribution in [3.05, 3.63) is 69.8 Å². The second-order valence-electron chi connectivity index (χ2n) is 8.76. The molecule has 1 aliphatic rings. The van der Waals surface area contributed by atoms with Crippen LogP contribution >= 0.6 is 0 Å². The number of aryl methyl sites for hydroxylation is 1. The molecular formula is C25H28B2F3NO2. The minimum Gasteiger partial charge on any atom is -0.405 e. The molecule has 2 aromatic carbocycles. The Balaban J connectivity index is 1.75. The van der Waals surface area contributed by atoms with E-state index in [1.165, 1.54) is 6.07 Å². The summed E-state index contributed by atoms with van der Waals surface area (Å²) in [6, 6.07) is 9.62. The smallest absolute Gasteiger partial charge is 0.405 e. The van der Waals surface area contributed by atoms with Crippen LogP contribution in [0.15, 0.2) is 41.6 Å². The van der Waals surface area contributed by atoms with Gasteiger partial charge in [0.05, 0.1) is 11.3 Å². The fraction of sp³-hybridized carbons (Fsp3) is 0.480. The highest BCUT2D eigenvalue weighted by molar-refractivity contribution is 6.38. The number of aliphatic hydroxyl groups is 1. The second-order valence-corrected chi connectivity index (χ2v) is 8.76. The van der Waals surface area contributed by atoms with E-state index in [1.54, 1.807) is 31.2 Å². The van der Waals surface area contributed by atoms with Gasteiger partial charge in [0.1, 0.15) is 22.3 Å². The van der Waals surface area contributed by atoms with Gasteiger partial charge in [-0.15, -0.1) is 0 Å². The summed E-state index contributed by atoms with van der Waals surface area (Å²) < 4.78 is 41.2. The first-order valence-corrected chi connectivity index (χ1v) is 11.3. The number of hydrogen-bond donors (Lipinski definition) is 1. The quantitative estimate of drug-likeness (QED) is 0.332. The van der Waals surface area contributed by atoms with Crippen LogP contribution in [0.3, 0.4) is 0 Å². The van der Waals surface area contributed by atoms with E-state index in [2.05, 4.69) is 5.16 Å². The molecule has 0 atom stereocenters. The molecule has 1 fully saturated rings. The third-order valence-corrected chi connectivity index (χ3v) is 6.24. The summed E-state index contributed by atoms with van der Waals surface area (Å²) in [7, 11) is 11.2. The van der Waals surface area contributed by atoms with Gasteiger partial charge in [-0.1, -0.05) is 55.6 Å². The fourth-order valence-corrected chi connectivity index (χ4v) is 4.47. The van der Waals surface area contributed by atoms with E-state index >= 15 is 0 Å². The van der Waals surface area contributed by atoms with Gasteiger partial charge < -0.3 is 9.94 Å². The highest BCUT2D eigenvalue weighted by Crippen LogP contribution is 2.41. The third-order valence-electron chi connectivity index (χ3n) is 6.24. The maximum absolute atomic E-state index is 13.7. The number of halogens is 3. The number of alkyl halides is 3. The van der Waals surface area contributed by atoms with Crippen molar-refractivity contribution in [2.24, 2.45) is 5.16 Å². The lowest BCUT2D eigenvalue weighted by molar-refractivity contribution is -0.138. The average Bonchev–Trinajstić information content (AvgIpc) is 2.78. The second kappa shape index (κ2) is 10.4. The molecule has 0 unspecified atom stereocenters. The molecule has 0 spiro atoms. The van der Waals surface area contributed by atoms with E-state index in [1.807, 2.05) is 13.0 Å². The van der Waals surface area contributed by atoms with Gasteiger partial charge in [-0.25, -0.2) is 0 Å². The molecule has 2 aromatic rings. The molecule has 1 N–H and O–H groups in total. The minimum atomic E-state index is -4.41. The summed E-state index contributed by atoms with van der Waals surface area (Å²) in [4.78, 5) is 5.38. The van der Waals surface area contributed by atoms with Crippen LogP contribution in [0.25, 0.3) is 0 Å². The van der Waals surface area contributed by atoms with Crippen molar-refractivity contribution in [3.8, 4) is 0 Å². The van der Waals surface area contributed by atoms with Gasteiger partial charge >= 0.3 is 6.18 Å². The van der Waals surface area contributed by atoms with Gasteiger partial charge in [-0.3, -0.25) is 0 Å². The van der Waals surface area contributed by atoms with Gasteiger partial charge in [-0.2, -0.15) is 13.2 Å². The third kappa shape index (κ3) is 6.44. The highest BCUT2D eigenvalue weighted by atomic mass is 19.4. The van der Waals surface area contributed by atoms with Crippen molar-refractivity contribution < 1.29 is 23.1 Å². The molecule has 4 radical (unpaired) electrons. The summed E-state index contributed by atoms with van der Waals surface area (Å²) in [5.41, 5.74) is 2.70. The van der Waals surface area contributed by atoms with Gasteiger partial charge in [-0.05, 0) is 72.1 Å². The Morgan fingerprint density at radius 1 is 1.06 bits per heavy atom. The predicted octanol–water partition coefficient (Wildman–Crippen LogP) is 5.70. The Bertz CT molecular complexity index is 994. The van der Waals surface area contributed by atoms with Crippen molar-refractivity contribution in [1.29, 1.82) is 0 Å². The number of benzene rings is 2. The topological polar surface area (TPSA) is 41.8 Å². The zero-order valence-corrected chi connectivity index (χ0v) is 19.1. The Kier molecular flexibility index (Phi) is 7.99. The summed E-state index contributed by atoms with van der Waals surface area (Å²) in [5, 5.41) is 12.0. The molecule has 0 aliphatic heterocycles. The lowest BCUT2D eigenvalue weighted by Gasteiger charge is -2.25. The number of hydrogen-bond acceptors (Lipinski definition) is 3. The molecule has 0 saturated heterocycles. The minimum absolute atomic E-state index is 0.0407. The Morgan fingerprint density at radius 2 is 1.76 bits per heavy atom. The van der Waals surface area contributed by atoms with Crippen LogP contribution in [0.5, 0.6) is 0 Å². The lowest BCUT2D eigenvalue weighted by Crippen LogP contribution is -2.27. The average molecular weight is 453 g/mol. The molecule has 0 heterocycles. The SMILES string of the molecule is [B]C([B])(O)c1ccc(/C(C)=N/OCc2ccc(C3CCCCC3)c(C(F)(F)F)c2)cc1CC. The first kappa shape index (κ1) is 25.4. The molecule has 1 saturated carbocycles. The van der Waals surface area contributed by atoms with Crippen molar-refractivity contribution in [2.75, 3.05) is 0 Å². The van der Waals surface area contributed by atoms with E-state index in [9.17, 15) is 18.3 Å². The molecule has 0 bridgehead atoms. The standard InChI is InChI=1S/C25H28B2F3NO2/c1-3-18-14-20(10-12-22(18)24(26,27)32)16(2)31-33-15-17-9-11-21(19-7-5-4-6-8-19)23(13-17)25(28,29)30/h9-14,19,32H,3-8,15H2,1-2H3/b31-16+. The van der Waals surface area contributed by atoms with Crippen LogP contribution in [-0.4, -0.2) is 26.5 Å². The van der Waals surface area contributed by atoms with E-state index in [-0.39, 0.29) is 12.5 Å². The Labute approximate surface area is 196 Å². The molecular weight excluding hydrogens is 425 g/mol. The maximum atomic E-state index is 13.7. The monoisotopic (exact) mass is 453 g/mol. The molecule has 0 aromatic heterocycles. The molecule has 0 amide bonds. The zero-order chi connectivity index (χ0) is 24.2. The summed E-state index contributed by atoms with van der Waals surface area (Å²) >= 11 is 0. The van der Waals surface area contributed by atoms with Crippen molar-refractivity contribution in [2.45, 2.75) is 76.5 Å². The largest absolute Gasteiger partial charge is 0.416 e. The van der Waals surface area contributed by atoms with Crippen LogP contribution < -0.4 is 0 Å². The number of rotatable bonds is 7. The molecule has 8 heteroatoms. The van der Waals surface area contributed by atoms with Gasteiger partial charge in [0.25, 0.3) is 0 Å². The molecule has 172 valence electrons. The molecule has 1 aliphatic carbocycles. The van der Waals surface area contributed by atoms with Crippen LogP contribution in [-0.2, 0) is 29.4 Å². The van der Waals surface area contributed by atoms with E-state index in [0.29, 0.717) is 28.8 Å². The van der Waals surface area contributed by atoms with Crippen LogP contribution in [0.4, 0.5) is 13.2 Å². The maximum Gasteiger partial charge on any atom is 0.416 e. The van der Waals surface area contributed by atoms with Crippen LogP contribution in [0, 0.1) is 0 Å². The molecule has 3 rings (SSSR count). The van der Waals surface area contributed by atoms with Gasteiger partial charge in [0.15, 0.2) is 0 Å². The zero-order valence-electron chi connectivity index (χ0n) is 19.1. The Hall–Kier alpha value is -2.21. The Morgan fingerprint density at radius 3 is 2.36 bits per heavy atom. The summed E-state index contributed by atoms with van der Waals surface area (Å²) in [5.74, 6) is -0.0407. The highest BCUT2D eigenvalue weighted by Gasteiger charge is 2.35. The number of nitrogens with zero attached hydrogens (tertiary/aromatic N) is 1. The van der Waals surface area contributed by atoms with E-state index in [0.717, 1.165) is 43.2 Å². The number of oxime groups is 1. The molecule has 3 nitrogen and oxygen atoms in total. The first-order valence-electron chi connectivity index (χ1n) is 11.3. The molecule has 33 heavy (non-hydrogen) atoms. The van der Waals surface area contributed by atoms with E-state index < -0.39 is 17.1 Å².